The maximum atomic E-state index is 13.3. The van der Waals surface area contributed by atoms with Crippen LogP contribution in [0.4, 0.5) is 11.4 Å². The number of aliphatic hydroxyl groups excluding tert-OH is 1. The van der Waals surface area contributed by atoms with Crippen LogP contribution in [-0.4, -0.2) is 22.7 Å². The number of anilines is 2. The molecule has 0 bridgehead atoms. The molecule has 1 fully saturated rings. The molecule has 1 aliphatic rings. The Morgan fingerprint density at radius 3 is 2.50 bits per heavy atom. The standard InChI is InChI=1S/C27H20N2O5/c1-16(30)28-18-9-5-10-19(15-18)29-24(22-13-6-14-34-22)23(26(32)27(29)33)25(31)21-12-4-8-17-7-2-3-11-20(17)21/h2-15,24,31H,1H3,(H,28,30)/b25-23-. The molecule has 1 atom stereocenters. The molecule has 168 valence electrons. The number of furan rings is 1. The van der Waals surface area contributed by atoms with Crippen LogP contribution in [0.5, 0.6) is 0 Å². The van der Waals surface area contributed by atoms with Crippen LogP contribution < -0.4 is 10.2 Å². The number of benzene rings is 3. The summed E-state index contributed by atoms with van der Waals surface area (Å²) >= 11 is 0. The van der Waals surface area contributed by atoms with Gasteiger partial charge in [-0.1, -0.05) is 48.5 Å². The van der Waals surface area contributed by atoms with Gasteiger partial charge in [0.25, 0.3) is 11.7 Å². The molecule has 7 nitrogen and oxygen atoms in total. The van der Waals surface area contributed by atoms with Crippen molar-refractivity contribution in [2.45, 2.75) is 13.0 Å². The van der Waals surface area contributed by atoms with Crippen LogP contribution in [0.15, 0.2) is 95.1 Å². The lowest BCUT2D eigenvalue weighted by Gasteiger charge is -2.24. The number of rotatable bonds is 4. The topological polar surface area (TPSA) is 99.9 Å². The zero-order valence-electron chi connectivity index (χ0n) is 18.2. The number of hydrogen-bond acceptors (Lipinski definition) is 5. The molecule has 2 N–H and O–H groups in total. The summed E-state index contributed by atoms with van der Waals surface area (Å²) in [4.78, 5) is 39.3. The van der Waals surface area contributed by atoms with Crippen LogP contribution in [0.1, 0.15) is 24.3 Å². The monoisotopic (exact) mass is 452 g/mol. The molecule has 1 aliphatic heterocycles. The average Bonchev–Trinajstić information content (AvgIpc) is 3.45. The molecule has 1 unspecified atom stereocenters. The first-order valence-corrected chi connectivity index (χ1v) is 10.7. The van der Waals surface area contributed by atoms with E-state index in [4.69, 9.17) is 4.42 Å². The van der Waals surface area contributed by atoms with E-state index in [1.54, 1.807) is 48.5 Å². The summed E-state index contributed by atoms with van der Waals surface area (Å²) in [7, 11) is 0. The Morgan fingerprint density at radius 2 is 1.74 bits per heavy atom. The molecule has 3 aromatic carbocycles. The lowest BCUT2D eigenvalue weighted by atomic mass is 9.96. The Labute approximate surface area is 194 Å². The van der Waals surface area contributed by atoms with E-state index in [1.807, 2.05) is 30.3 Å². The van der Waals surface area contributed by atoms with Crippen molar-refractivity contribution in [1.82, 2.24) is 0 Å². The Balaban J connectivity index is 1.72. The lowest BCUT2D eigenvalue weighted by molar-refractivity contribution is -0.132. The second kappa shape index (κ2) is 8.37. The SMILES string of the molecule is CC(=O)Nc1cccc(N2C(=O)C(=O)/C(=C(\O)c3cccc4ccccc34)C2c2ccco2)c1. The number of nitrogens with zero attached hydrogens (tertiary/aromatic N) is 1. The first-order chi connectivity index (χ1) is 16.5. The number of carbonyl (C=O) groups is 3. The van der Waals surface area contributed by atoms with Crippen molar-refractivity contribution in [3.8, 4) is 0 Å². The minimum absolute atomic E-state index is 0.0683. The number of ketones is 1. The number of Topliss-reactive ketones (excluding diaryl/α,β-unsaturated/α-hetero) is 1. The molecular weight excluding hydrogens is 432 g/mol. The quantitative estimate of drug-likeness (QED) is 0.257. The number of hydrogen-bond donors (Lipinski definition) is 2. The van der Waals surface area contributed by atoms with Crippen LogP contribution in [0, 0.1) is 0 Å². The fraction of sp³-hybridized carbons (Fsp3) is 0.0741. The van der Waals surface area contributed by atoms with Gasteiger partial charge in [0, 0.05) is 23.9 Å². The van der Waals surface area contributed by atoms with Gasteiger partial charge in [0.1, 0.15) is 17.6 Å². The normalized spacial score (nSPS) is 17.3. The van der Waals surface area contributed by atoms with Gasteiger partial charge < -0.3 is 14.8 Å². The maximum Gasteiger partial charge on any atom is 0.300 e. The highest BCUT2D eigenvalue weighted by Gasteiger charge is 2.48. The molecule has 2 amide bonds. The smallest absolute Gasteiger partial charge is 0.300 e. The zero-order chi connectivity index (χ0) is 23.8. The number of fused-ring (bicyclic) bond motifs is 1. The van der Waals surface area contributed by atoms with Gasteiger partial charge in [0.2, 0.25) is 5.91 Å². The first-order valence-electron chi connectivity index (χ1n) is 10.7. The van der Waals surface area contributed by atoms with E-state index in [0.29, 0.717) is 22.7 Å². The average molecular weight is 452 g/mol. The van der Waals surface area contributed by atoms with Crippen LogP contribution in [0.2, 0.25) is 0 Å². The van der Waals surface area contributed by atoms with Crippen molar-refractivity contribution in [1.29, 1.82) is 0 Å². The van der Waals surface area contributed by atoms with Gasteiger partial charge in [0.05, 0.1) is 11.8 Å². The lowest BCUT2D eigenvalue weighted by Crippen LogP contribution is -2.29. The van der Waals surface area contributed by atoms with E-state index in [1.165, 1.54) is 18.1 Å². The van der Waals surface area contributed by atoms with E-state index in [2.05, 4.69) is 5.32 Å². The van der Waals surface area contributed by atoms with E-state index in [9.17, 15) is 19.5 Å². The molecule has 1 aromatic heterocycles. The third-order valence-electron chi connectivity index (χ3n) is 5.75. The molecule has 5 rings (SSSR count). The first kappa shape index (κ1) is 21.2. The highest BCUT2D eigenvalue weighted by Crippen LogP contribution is 2.43. The van der Waals surface area contributed by atoms with Crippen molar-refractivity contribution in [2.24, 2.45) is 0 Å². The summed E-state index contributed by atoms with van der Waals surface area (Å²) in [6.07, 6.45) is 1.45. The summed E-state index contributed by atoms with van der Waals surface area (Å²) < 4.78 is 5.60. The summed E-state index contributed by atoms with van der Waals surface area (Å²) in [5.41, 5.74) is 1.23. The summed E-state index contributed by atoms with van der Waals surface area (Å²) in [6.45, 7) is 1.38. The second-order valence-corrected chi connectivity index (χ2v) is 7.94. The minimum Gasteiger partial charge on any atom is -0.507 e. The minimum atomic E-state index is -0.985. The van der Waals surface area contributed by atoms with Crippen molar-refractivity contribution < 1.29 is 23.9 Å². The predicted molar refractivity (Wildman–Crippen MR) is 128 cm³/mol. The zero-order valence-corrected chi connectivity index (χ0v) is 18.2. The molecule has 1 saturated heterocycles. The molecule has 0 spiro atoms. The Morgan fingerprint density at radius 1 is 0.971 bits per heavy atom. The highest BCUT2D eigenvalue weighted by atomic mass is 16.3. The molecule has 4 aromatic rings. The van der Waals surface area contributed by atoms with E-state index >= 15 is 0 Å². The molecule has 7 heteroatoms. The Hall–Kier alpha value is -4.65. The molecule has 0 saturated carbocycles. The molecular formula is C27H20N2O5. The van der Waals surface area contributed by atoms with Crippen molar-refractivity contribution in [3.63, 3.8) is 0 Å². The van der Waals surface area contributed by atoms with E-state index in [-0.39, 0.29) is 17.2 Å². The third-order valence-corrected chi connectivity index (χ3v) is 5.75. The summed E-state index contributed by atoms with van der Waals surface area (Å²) in [5.74, 6) is -1.85. The van der Waals surface area contributed by atoms with Gasteiger partial charge >= 0.3 is 0 Å². The maximum absolute atomic E-state index is 13.3. The summed E-state index contributed by atoms with van der Waals surface area (Å²) in [5, 5.41) is 15.7. The van der Waals surface area contributed by atoms with Gasteiger partial charge in [-0.15, -0.1) is 0 Å². The predicted octanol–water partition coefficient (Wildman–Crippen LogP) is 5.02. The second-order valence-electron chi connectivity index (χ2n) is 7.94. The number of aliphatic hydroxyl groups is 1. The highest BCUT2D eigenvalue weighted by molar-refractivity contribution is 6.51. The van der Waals surface area contributed by atoms with Gasteiger partial charge in [-0.25, -0.2) is 0 Å². The third kappa shape index (κ3) is 3.53. The fourth-order valence-corrected chi connectivity index (χ4v) is 4.33. The summed E-state index contributed by atoms with van der Waals surface area (Å²) in [6, 6.07) is 21.8. The van der Waals surface area contributed by atoms with Crippen LogP contribution in [-0.2, 0) is 14.4 Å². The number of carbonyl (C=O) groups excluding carboxylic acids is 3. The Bertz CT molecular complexity index is 1460. The molecule has 2 heterocycles. The van der Waals surface area contributed by atoms with Gasteiger partial charge in [0.15, 0.2) is 0 Å². The van der Waals surface area contributed by atoms with Crippen LogP contribution in [0.25, 0.3) is 16.5 Å². The molecule has 34 heavy (non-hydrogen) atoms. The van der Waals surface area contributed by atoms with E-state index in [0.717, 1.165) is 10.8 Å². The molecule has 0 aliphatic carbocycles. The Kier molecular flexibility index (Phi) is 5.22. The van der Waals surface area contributed by atoms with E-state index < -0.39 is 17.7 Å². The van der Waals surface area contributed by atoms with Crippen molar-refractivity contribution in [3.05, 3.63) is 102 Å². The van der Waals surface area contributed by atoms with Crippen LogP contribution in [0.3, 0.4) is 0 Å². The number of amides is 2. The van der Waals surface area contributed by atoms with Gasteiger partial charge in [-0.2, -0.15) is 0 Å². The molecule has 0 radical (unpaired) electrons. The van der Waals surface area contributed by atoms with Gasteiger partial charge in [-0.05, 0) is 41.1 Å². The van der Waals surface area contributed by atoms with Gasteiger partial charge in [-0.3, -0.25) is 19.3 Å². The number of nitrogens with one attached hydrogen (secondary N) is 1. The van der Waals surface area contributed by atoms with Crippen LogP contribution >= 0.6 is 0 Å². The van der Waals surface area contributed by atoms with Crippen molar-refractivity contribution in [2.75, 3.05) is 10.2 Å². The largest absolute Gasteiger partial charge is 0.507 e. The van der Waals surface area contributed by atoms with Crippen molar-refractivity contribution >= 4 is 45.5 Å². The fourth-order valence-electron chi connectivity index (χ4n) is 4.33.